The topological polar surface area (TPSA) is 75.4 Å². The minimum atomic E-state index is -0.175. The van der Waals surface area contributed by atoms with E-state index in [1.165, 1.54) is 0 Å². The first-order valence-electron chi connectivity index (χ1n) is 5.88. The van der Waals surface area contributed by atoms with Crippen molar-refractivity contribution in [3.8, 4) is 0 Å². The lowest BCUT2D eigenvalue weighted by Crippen LogP contribution is -2.38. The molecular weight excluding hydrogens is 216 g/mol. The molecule has 1 aromatic rings. The minimum absolute atomic E-state index is 0.0869. The Hall–Kier alpha value is -1.55. The van der Waals surface area contributed by atoms with Gasteiger partial charge in [0.05, 0.1) is 6.10 Å². The van der Waals surface area contributed by atoms with Gasteiger partial charge < -0.3 is 16.2 Å². The van der Waals surface area contributed by atoms with E-state index in [1.54, 1.807) is 12.1 Å². The molecule has 1 fully saturated rings. The summed E-state index contributed by atoms with van der Waals surface area (Å²) in [7, 11) is 0. The molecule has 0 aromatic heterocycles. The summed E-state index contributed by atoms with van der Waals surface area (Å²) in [6.07, 6.45) is 1.40. The van der Waals surface area contributed by atoms with Crippen molar-refractivity contribution < 1.29 is 9.90 Å². The Labute approximate surface area is 101 Å². The highest BCUT2D eigenvalue weighted by molar-refractivity contribution is 5.96. The van der Waals surface area contributed by atoms with Crippen LogP contribution in [0.4, 0.5) is 5.69 Å². The van der Waals surface area contributed by atoms with E-state index in [4.69, 9.17) is 10.8 Å². The van der Waals surface area contributed by atoms with Gasteiger partial charge in [0, 0.05) is 17.8 Å². The Balaban J connectivity index is 1.92. The van der Waals surface area contributed by atoms with Crippen molar-refractivity contribution in [2.45, 2.75) is 25.9 Å². The SMILES string of the molecule is Cc1ccc(N)cc1C(=O)NCC1CC(O)C1. The second-order valence-corrected chi connectivity index (χ2v) is 4.78. The molecule has 1 amide bonds. The highest BCUT2D eigenvalue weighted by atomic mass is 16.3. The van der Waals surface area contributed by atoms with Crippen molar-refractivity contribution in [1.29, 1.82) is 0 Å². The summed E-state index contributed by atoms with van der Waals surface area (Å²) in [6, 6.07) is 5.33. The first kappa shape index (κ1) is 11.9. The Kier molecular flexibility index (Phi) is 3.33. The maximum Gasteiger partial charge on any atom is 0.251 e. The average Bonchev–Trinajstić information content (AvgIpc) is 2.26. The van der Waals surface area contributed by atoms with E-state index in [1.807, 2.05) is 13.0 Å². The van der Waals surface area contributed by atoms with Crippen LogP contribution in [0.3, 0.4) is 0 Å². The van der Waals surface area contributed by atoms with Crippen molar-refractivity contribution in [2.24, 2.45) is 5.92 Å². The van der Waals surface area contributed by atoms with Crippen LogP contribution in [0, 0.1) is 12.8 Å². The lowest BCUT2D eigenvalue weighted by atomic mass is 9.82. The first-order chi connectivity index (χ1) is 8.06. The predicted octanol–water partition coefficient (Wildman–Crippen LogP) is 1.08. The molecule has 0 saturated heterocycles. The van der Waals surface area contributed by atoms with Crippen LogP contribution in [0.5, 0.6) is 0 Å². The number of hydrogen-bond acceptors (Lipinski definition) is 3. The predicted molar refractivity (Wildman–Crippen MR) is 66.7 cm³/mol. The lowest BCUT2D eigenvalue weighted by molar-refractivity contribution is 0.0420. The second-order valence-electron chi connectivity index (χ2n) is 4.78. The molecule has 0 radical (unpaired) electrons. The normalized spacial score (nSPS) is 22.9. The van der Waals surface area contributed by atoms with Crippen LogP contribution >= 0.6 is 0 Å². The van der Waals surface area contributed by atoms with Crippen molar-refractivity contribution in [2.75, 3.05) is 12.3 Å². The molecule has 1 saturated carbocycles. The van der Waals surface area contributed by atoms with E-state index >= 15 is 0 Å². The number of carbonyl (C=O) groups is 1. The molecule has 0 bridgehead atoms. The van der Waals surface area contributed by atoms with Gasteiger partial charge in [-0.05, 0) is 43.4 Å². The summed E-state index contributed by atoms with van der Waals surface area (Å²) in [6.45, 7) is 2.52. The van der Waals surface area contributed by atoms with E-state index < -0.39 is 0 Å². The van der Waals surface area contributed by atoms with Crippen LogP contribution in [0.2, 0.25) is 0 Å². The molecule has 0 unspecified atom stereocenters. The van der Waals surface area contributed by atoms with E-state index in [9.17, 15) is 4.79 Å². The van der Waals surface area contributed by atoms with Crippen LogP contribution in [0.15, 0.2) is 18.2 Å². The third-order valence-corrected chi connectivity index (χ3v) is 3.27. The Bertz CT molecular complexity index is 425. The van der Waals surface area contributed by atoms with Gasteiger partial charge in [-0.1, -0.05) is 6.07 Å². The molecule has 4 N–H and O–H groups in total. The molecule has 2 rings (SSSR count). The van der Waals surface area contributed by atoms with Gasteiger partial charge in [-0.3, -0.25) is 4.79 Å². The van der Waals surface area contributed by atoms with Gasteiger partial charge in [0.1, 0.15) is 0 Å². The number of benzene rings is 1. The smallest absolute Gasteiger partial charge is 0.251 e. The number of aliphatic hydroxyl groups excluding tert-OH is 1. The zero-order valence-corrected chi connectivity index (χ0v) is 9.94. The number of aryl methyl sites for hydroxylation is 1. The van der Waals surface area contributed by atoms with E-state index in [0.29, 0.717) is 23.7 Å². The molecule has 92 valence electrons. The van der Waals surface area contributed by atoms with Crippen molar-refractivity contribution in [3.63, 3.8) is 0 Å². The molecule has 1 aromatic carbocycles. The number of aliphatic hydroxyl groups is 1. The van der Waals surface area contributed by atoms with Gasteiger partial charge >= 0.3 is 0 Å². The number of rotatable bonds is 3. The van der Waals surface area contributed by atoms with Gasteiger partial charge in [-0.2, -0.15) is 0 Å². The maximum absolute atomic E-state index is 11.9. The van der Waals surface area contributed by atoms with Gasteiger partial charge in [0.25, 0.3) is 5.91 Å². The van der Waals surface area contributed by atoms with E-state index in [0.717, 1.165) is 18.4 Å². The fraction of sp³-hybridized carbons (Fsp3) is 0.462. The number of amides is 1. The Morgan fingerprint density at radius 2 is 2.24 bits per heavy atom. The molecule has 0 spiro atoms. The third-order valence-electron chi connectivity index (χ3n) is 3.27. The second kappa shape index (κ2) is 4.75. The van der Waals surface area contributed by atoms with Gasteiger partial charge in [0.2, 0.25) is 0 Å². The summed E-state index contributed by atoms with van der Waals surface area (Å²) >= 11 is 0. The zero-order chi connectivity index (χ0) is 12.4. The zero-order valence-electron chi connectivity index (χ0n) is 9.94. The fourth-order valence-electron chi connectivity index (χ4n) is 2.08. The van der Waals surface area contributed by atoms with Crippen LogP contribution in [-0.4, -0.2) is 23.7 Å². The number of carbonyl (C=O) groups excluding carboxylic acids is 1. The minimum Gasteiger partial charge on any atom is -0.399 e. The van der Waals surface area contributed by atoms with Crippen LogP contribution in [0.25, 0.3) is 0 Å². The maximum atomic E-state index is 11.9. The monoisotopic (exact) mass is 234 g/mol. The van der Waals surface area contributed by atoms with Crippen molar-refractivity contribution >= 4 is 11.6 Å². The molecule has 0 heterocycles. The number of anilines is 1. The standard InChI is InChI=1S/C13H18N2O2/c1-8-2-3-10(14)6-12(8)13(17)15-7-9-4-11(16)5-9/h2-3,6,9,11,16H,4-5,7,14H2,1H3,(H,15,17). The highest BCUT2D eigenvalue weighted by Gasteiger charge is 2.27. The van der Waals surface area contributed by atoms with E-state index in [-0.39, 0.29) is 12.0 Å². The number of hydrogen-bond donors (Lipinski definition) is 3. The quantitative estimate of drug-likeness (QED) is 0.685. The van der Waals surface area contributed by atoms with Crippen LogP contribution in [-0.2, 0) is 0 Å². The summed E-state index contributed by atoms with van der Waals surface area (Å²) in [5.41, 5.74) is 7.81. The molecule has 1 aliphatic carbocycles. The summed E-state index contributed by atoms with van der Waals surface area (Å²) in [4.78, 5) is 11.9. The molecule has 0 atom stereocenters. The van der Waals surface area contributed by atoms with Gasteiger partial charge in [-0.25, -0.2) is 0 Å². The van der Waals surface area contributed by atoms with Crippen molar-refractivity contribution in [1.82, 2.24) is 5.32 Å². The number of nitrogens with one attached hydrogen (secondary N) is 1. The largest absolute Gasteiger partial charge is 0.399 e. The summed E-state index contributed by atoms with van der Waals surface area (Å²) < 4.78 is 0. The van der Waals surface area contributed by atoms with Crippen LogP contribution < -0.4 is 11.1 Å². The molecular formula is C13H18N2O2. The number of nitrogens with two attached hydrogens (primary N) is 1. The van der Waals surface area contributed by atoms with Crippen LogP contribution in [0.1, 0.15) is 28.8 Å². The third kappa shape index (κ3) is 2.77. The first-order valence-corrected chi connectivity index (χ1v) is 5.88. The van der Waals surface area contributed by atoms with Gasteiger partial charge in [-0.15, -0.1) is 0 Å². The summed E-state index contributed by atoms with van der Waals surface area (Å²) in [5, 5.41) is 12.0. The Morgan fingerprint density at radius 1 is 1.53 bits per heavy atom. The van der Waals surface area contributed by atoms with E-state index in [2.05, 4.69) is 5.32 Å². The fourth-order valence-corrected chi connectivity index (χ4v) is 2.08. The lowest BCUT2D eigenvalue weighted by Gasteiger charge is -2.31. The average molecular weight is 234 g/mol. The number of nitrogen functional groups attached to an aromatic ring is 1. The molecule has 1 aliphatic rings. The molecule has 0 aliphatic heterocycles. The summed E-state index contributed by atoms with van der Waals surface area (Å²) in [5.74, 6) is 0.325. The molecule has 17 heavy (non-hydrogen) atoms. The van der Waals surface area contributed by atoms with Gasteiger partial charge in [0.15, 0.2) is 0 Å². The van der Waals surface area contributed by atoms with Crippen molar-refractivity contribution in [3.05, 3.63) is 29.3 Å². The molecule has 4 nitrogen and oxygen atoms in total. The highest BCUT2D eigenvalue weighted by Crippen LogP contribution is 2.26. The Morgan fingerprint density at radius 3 is 2.88 bits per heavy atom. The molecule has 4 heteroatoms.